The van der Waals surface area contributed by atoms with Gasteiger partial charge in [-0.05, 0) is 14.0 Å². The minimum Gasteiger partial charge on any atom is -0.379 e. The maximum Gasteiger partial charge on any atom is 0.234 e. The van der Waals surface area contributed by atoms with Gasteiger partial charge in [-0.25, -0.2) is 0 Å². The zero-order chi connectivity index (χ0) is 11.1. The number of morpholine rings is 1. The van der Waals surface area contributed by atoms with Crippen molar-refractivity contribution in [3.05, 3.63) is 0 Å². The molecule has 5 heteroatoms. The summed E-state index contributed by atoms with van der Waals surface area (Å²) >= 11 is 0. The molecule has 0 aromatic heterocycles. The summed E-state index contributed by atoms with van der Waals surface area (Å²) in [4.78, 5) is 13.5. The number of hydrogen-bond acceptors (Lipinski definition) is 4. The molecule has 0 bridgehead atoms. The second-order valence-corrected chi connectivity index (χ2v) is 3.83. The Balaban J connectivity index is 2.16. The molecule has 15 heavy (non-hydrogen) atoms. The summed E-state index contributed by atoms with van der Waals surface area (Å²) in [5, 5.41) is 5.72. The van der Waals surface area contributed by atoms with E-state index in [0.29, 0.717) is 19.1 Å². The molecular formula is C10H21N3O2. The number of nitrogens with zero attached hydrogens (tertiary/aromatic N) is 1. The average Bonchev–Trinajstić information content (AvgIpc) is 2.27. The molecule has 1 saturated heterocycles. The molecule has 0 spiro atoms. The number of ether oxygens (including phenoxy) is 1. The van der Waals surface area contributed by atoms with Gasteiger partial charge in [-0.3, -0.25) is 9.69 Å². The van der Waals surface area contributed by atoms with Gasteiger partial charge in [0, 0.05) is 25.7 Å². The van der Waals surface area contributed by atoms with Crippen molar-refractivity contribution >= 4 is 5.91 Å². The lowest BCUT2D eigenvalue weighted by atomic mass is 10.2. The zero-order valence-corrected chi connectivity index (χ0v) is 9.58. The molecule has 0 saturated carbocycles. The Bertz CT molecular complexity index is 193. The highest BCUT2D eigenvalue weighted by Gasteiger charge is 2.16. The number of amides is 1. The Morgan fingerprint density at radius 1 is 1.47 bits per heavy atom. The van der Waals surface area contributed by atoms with Gasteiger partial charge in [-0.15, -0.1) is 0 Å². The summed E-state index contributed by atoms with van der Waals surface area (Å²) in [6, 6.07) is 0.384. The highest BCUT2D eigenvalue weighted by Crippen LogP contribution is 2.02. The van der Waals surface area contributed by atoms with E-state index in [0.717, 1.165) is 26.3 Å². The Hall–Kier alpha value is -0.650. The summed E-state index contributed by atoms with van der Waals surface area (Å²) in [5.74, 6) is 0.0533. The lowest BCUT2D eigenvalue weighted by Gasteiger charge is -2.32. The molecule has 1 atom stereocenters. The predicted octanol–water partition coefficient (Wildman–Crippen LogP) is -0.957. The SMILES string of the molecule is CNCC(=O)NCC(C)N1CCOCC1. The van der Waals surface area contributed by atoms with Crippen LogP contribution in [-0.2, 0) is 9.53 Å². The molecule has 0 radical (unpaired) electrons. The van der Waals surface area contributed by atoms with Crippen LogP contribution in [0.25, 0.3) is 0 Å². The molecule has 2 N–H and O–H groups in total. The molecule has 88 valence electrons. The lowest BCUT2D eigenvalue weighted by Crippen LogP contribution is -2.48. The largest absolute Gasteiger partial charge is 0.379 e. The first-order chi connectivity index (χ1) is 7.24. The standard InChI is InChI=1S/C10H21N3O2/c1-9(7-12-10(14)8-11-2)13-3-5-15-6-4-13/h9,11H,3-8H2,1-2H3,(H,12,14). The predicted molar refractivity (Wildman–Crippen MR) is 58.8 cm³/mol. The van der Waals surface area contributed by atoms with E-state index in [1.807, 2.05) is 0 Å². The first-order valence-electron chi connectivity index (χ1n) is 5.47. The number of hydrogen-bond donors (Lipinski definition) is 2. The second-order valence-electron chi connectivity index (χ2n) is 3.83. The van der Waals surface area contributed by atoms with Crippen molar-refractivity contribution < 1.29 is 9.53 Å². The Morgan fingerprint density at radius 2 is 2.13 bits per heavy atom. The van der Waals surface area contributed by atoms with Gasteiger partial charge in [0.25, 0.3) is 0 Å². The molecule has 1 fully saturated rings. The molecule has 1 aliphatic heterocycles. The van der Waals surface area contributed by atoms with E-state index in [-0.39, 0.29) is 5.91 Å². The van der Waals surface area contributed by atoms with Gasteiger partial charge in [-0.2, -0.15) is 0 Å². The van der Waals surface area contributed by atoms with Gasteiger partial charge < -0.3 is 15.4 Å². The fourth-order valence-electron chi connectivity index (χ4n) is 1.63. The van der Waals surface area contributed by atoms with E-state index in [1.54, 1.807) is 7.05 Å². The fraction of sp³-hybridized carbons (Fsp3) is 0.900. The zero-order valence-electron chi connectivity index (χ0n) is 9.58. The van der Waals surface area contributed by atoms with E-state index in [1.165, 1.54) is 0 Å². The fourth-order valence-corrected chi connectivity index (χ4v) is 1.63. The summed E-state index contributed by atoms with van der Waals surface area (Å²) in [5.41, 5.74) is 0. The van der Waals surface area contributed by atoms with Crippen LogP contribution in [0.3, 0.4) is 0 Å². The summed E-state index contributed by atoms with van der Waals surface area (Å²) < 4.78 is 5.28. The van der Waals surface area contributed by atoms with Gasteiger partial charge in [0.2, 0.25) is 5.91 Å². The maximum absolute atomic E-state index is 11.2. The minimum atomic E-state index is 0.0533. The molecule has 1 unspecified atom stereocenters. The maximum atomic E-state index is 11.2. The third kappa shape index (κ3) is 4.59. The van der Waals surface area contributed by atoms with Crippen LogP contribution in [0.2, 0.25) is 0 Å². The van der Waals surface area contributed by atoms with Crippen LogP contribution >= 0.6 is 0 Å². The monoisotopic (exact) mass is 215 g/mol. The Morgan fingerprint density at radius 3 is 2.73 bits per heavy atom. The average molecular weight is 215 g/mol. The van der Waals surface area contributed by atoms with Gasteiger partial charge in [-0.1, -0.05) is 0 Å². The number of carbonyl (C=O) groups is 1. The highest BCUT2D eigenvalue weighted by atomic mass is 16.5. The van der Waals surface area contributed by atoms with Crippen molar-refractivity contribution in [3.63, 3.8) is 0 Å². The Labute approximate surface area is 91.2 Å². The van der Waals surface area contributed by atoms with Crippen molar-refractivity contribution in [2.24, 2.45) is 0 Å². The third-order valence-electron chi connectivity index (χ3n) is 2.60. The van der Waals surface area contributed by atoms with Gasteiger partial charge >= 0.3 is 0 Å². The smallest absolute Gasteiger partial charge is 0.234 e. The van der Waals surface area contributed by atoms with Crippen molar-refractivity contribution in [1.82, 2.24) is 15.5 Å². The molecule has 1 aliphatic rings. The molecule has 1 amide bonds. The number of likely N-dealkylation sites (N-methyl/N-ethyl adjacent to an activating group) is 1. The van der Waals surface area contributed by atoms with Crippen molar-refractivity contribution in [2.45, 2.75) is 13.0 Å². The van der Waals surface area contributed by atoms with E-state index in [9.17, 15) is 4.79 Å². The summed E-state index contributed by atoms with van der Waals surface area (Å²) in [7, 11) is 1.77. The number of nitrogens with one attached hydrogen (secondary N) is 2. The lowest BCUT2D eigenvalue weighted by molar-refractivity contribution is -0.120. The summed E-state index contributed by atoms with van der Waals surface area (Å²) in [6.07, 6.45) is 0. The van der Waals surface area contributed by atoms with Crippen LogP contribution in [-0.4, -0.2) is 63.3 Å². The normalized spacial score (nSPS) is 19.9. The van der Waals surface area contributed by atoms with E-state index < -0.39 is 0 Å². The topological polar surface area (TPSA) is 53.6 Å². The van der Waals surface area contributed by atoms with Crippen molar-refractivity contribution in [3.8, 4) is 0 Å². The van der Waals surface area contributed by atoms with Crippen LogP contribution in [0.4, 0.5) is 0 Å². The van der Waals surface area contributed by atoms with Gasteiger partial charge in [0.1, 0.15) is 0 Å². The Kier molecular flexibility index (Phi) is 5.60. The quantitative estimate of drug-likeness (QED) is 0.620. The molecule has 0 aromatic carbocycles. The number of carbonyl (C=O) groups excluding carboxylic acids is 1. The molecule has 0 aliphatic carbocycles. The molecule has 1 rings (SSSR count). The van der Waals surface area contributed by atoms with Crippen LogP contribution in [0.15, 0.2) is 0 Å². The highest BCUT2D eigenvalue weighted by molar-refractivity contribution is 5.77. The molecule has 0 aromatic rings. The van der Waals surface area contributed by atoms with Crippen molar-refractivity contribution in [1.29, 1.82) is 0 Å². The molecule has 1 heterocycles. The first-order valence-corrected chi connectivity index (χ1v) is 5.47. The third-order valence-corrected chi connectivity index (χ3v) is 2.60. The molecule has 5 nitrogen and oxygen atoms in total. The van der Waals surface area contributed by atoms with Gasteiger partial charge in [0.15, 0.2) is 0 Å². The minimum absolute atomic E-state index is 0.0533. The number of rotatable bonds is 5. The molecular weight excluding hydrogens is 194 g/mol. The van der Waals surface area contributed by atoms with Crippen LogP contribution in [0, 0.1) is 0 Å². The van der Waals surface area contributed by atoms with Crippen LogP contribution in [0.1, 0.15) is 6.92 Å². The second kappa shape index (κ2) is 6.76. The van der Waals surface area contributed by atoms with E-state index >= 15 is 0 Å². The first kappa shape index (κ1) is 12.4. The van der Waals surface area contributed by atoms with Crippen LogP contribution in [0.5, 0.6) is 0 Å². The van der Waals surface area contributed by atoms with Crippen LogP contribution < -0.4 is 10.6 Å². The van der Waals surface area contributed by atoms with E-state index in [4.69, 9.17) is 4.74 Å². The van der Waals surface area contributed by atoms with E-state index in [2.05, 4.69) is 22.5 Å². The summed E-state index contributed by atoms with van der Waals surface area (Å²) in [6.45, 7) is 6.75. The van der Waals surface area contributed by atoms with Crippen molar-refractivity contribution in [2.75, 3.05) is 46.4 Å². The van der Waals surface area contributed by atoms with Gasteiger partial charge in [0.05, 0.1) is 19.8 Å².